The Balaban J connectivity index is 1.03. The third kappa shape index (κ3) is 10.3. The van der Waals surface area contributed by atoms with Crippen molar-refractivity contribution in [1.82, 2.24) is 15.2 Å². The van der Waals surface area contributed by atoms with Crippen LogP contribution in [0.25, 0.3) is 10.9 Å². The van der Waals surface area contributed by atoms with E-state index in [1.54, 1.807) is 20.8 Å². The molecular weight excluding hydrogens is 767 g/mol. The molecule has 1 saturated carbocycles. The molecule has 4 aromatic rings. The number of para-hydroxylation sites is 1. The highest BCUT2D eigenvalue weighted by Crippen LogP contribution is 2.39. The van der Waals surface area contributed by atoms with Gasteiger partial charge in [0.25, 0.3) is 0 Å². The molecule has 1 aliphatic heterocycles. The number of alkyl carbamates (subject to hydrolysis) is 1. The molecule has 2 amide bonds. The molecule has 13 nitrogen and oxygen atoms in total. The Morgan fingerprint density at radius 3 is 2.35 bits per heavy atom. The molecule has 2 heterocycles. The summed E-state index contributed by atoms with van der Waals surface area (Å²) in [7, 11) is 1.28. The number of aliphatic carboxylic acids is 1. The summed E-state index contributed by atoms with van der Waals surface area (Å²) in [6.07, 6.45) is 1.77. The van der Waals surface area contributed by atoms with Gasteiger partial charge in [-0.25, -0.2) is 24.2 Å². The minimum absolute atomic E-state index is 0.0602. The van der Waals surface area contributed by atoms with Crippen molar-refractivity contribution in [2.75, 3.05) is 13.7 Å². The van der Waals surface area contributed by atoms with Crippen molar-refractivity contribution >= 4 is 35.0 Å². The van der Waals surface area contributed by atoms with Crippen LogP contribution in [0.4, 0.5) is 9.59 Å². The molecule has 0 radical (unpaired) electrons. The van der Waals surface area contributed by atoms with E-state index >= 15 is 0 Å². The van der Waals surface area contributed by atoms with Crippen LogP contribution in [0, 0.1) is 23.7 Å². The van der Waals surface area contributed by atoms with Crippen LogP contribution in [0.3, 0.4) is 0 Å². The van der Waals surface area contributed by atoms with E-state index in [1.165, 1.54) is 12.0 Å². The zero-order chi connectivity index (χ0) is 42.4. The molecular formula is C47H51N3O10. The van der Waals surface area contributed by atoms with Crippen LogP contribution < -0.4 is 14.8 Å². The maximum absolute atomic E-state index is 13.2. The smallest absolute Gasteiger partial charge is 0.411 e. The van der Waals surface area contributed by atoms with Crippen molar-refractivity contribution in [1.29, 1.82) is 0 Å². The fraction of sp³-hybridized carbons (Fsp3) is 0.426. The number of unbranched alkanes of at least 4 members (excludes halogenated alkanes) is 1. The molecule has 1 saturated heterocycles. The molecule has 0 spiro atoms. The van der Waals surface area contributed by atoms with Crippen molar-refractivity contribution < 1.29 is 48.0 Å². The van der Waals surface area contributed by atoms with E-state index < -0.39 is 47.9 Å². The minimum Gasteiger partial charge on any atom is -0.487 e. The zero-order valence-electron chi connectivity index (χ0n) is 34.3. The van der Waals surface area contributed by atoms with Crippen molar-refractivity contribution in [2.24, 2.45) is 11.8 Å². The summed E-state index contributed by atoms with van der Waals surface area (Å²) in [5, 5.41) is 13.3. The number of carboxylic acids is 1. The van der Waals surface area contributed by atoms with Gasteiger partial charge >= 0.3 is 24.1 Å². The van der Waals surface area contributed by atoms with Crippen LogP contribution >= 0.6 is 0 Å². The predicted molar refractivity (Wildman–Crippen MR) is 221 cm³/mol. The van der Waals surface area contributed by atoms with Crippen LogP contribution in [0.2, 0.25) is 0 Å². The van der Waals surface area contributed by atoms with Crippen LogP contribution in [0.15, 0.2) is 78.9 Å². The first-order chi connectivity index (χ1) is 28.9. The minimum atomic E-state index is -1.07. The summed E-state index contributed by atoms with van der Waals surface area (Å²) >= 11 is 0. The summed E-state index contributed by atoms with van der Waals surface area (Å²) in [5.74, 6) is 5.55. The van der Waals surface area contributed by atoms with Gasteiger partial charge in [0.1, 0.15) is 47.8 Å². The molecule has 2 fully saturated rings. The first kappa shape index (κ1) is 41.9. The molecule has 60 heavy (non-hydrogen) atoms. The second kappa shape index (κ2) is 18.3. The first-order valence-corrected chi connectivity index (χ1v) is 20.5. The van der Waals surface area contributed by atoms with Crippen molar-refractivity contribution in [3.63, 3.8) is 0 Å². The normalized spacial score (nSPS) is 20.0. The molecule has 2 N–H and O–H groups in total. The van der Waals surface area contributed by atoms with Crippen molar-refractivity contribution in [2.45, 2.75) is 102 Å². The average molecular weight is 818 g/mol. The molecule has 314 valence electrons. The molecule has 0 unspecified atom stereocenters. The van der Waals surface area contributed by atoms with Crippen LogP contribution in [0.1, 0.15) is 75.1 Å². The largest absolute Gasteiger partial charge is 0.487 e. The van der Waals surface area contributed by atoms with Gasteiger partial charge < -0.3 is 34.1 Å². The zero-order valence-corrected chi connectivity index (χ0v) is 34.3. The predicted octanol–water partition coefficient (Wildman–Crippen LogP) is 7.25. The number of pyridine rings is 1. The Kier molecular flexibility index (Phi) is 12.8. The van der Waals surface area contributed by atoms with E-state index in [0.717, 1.165) is 34.9 Å². The fourth-order valence-electron chi connectivity index (χ4n) is 7.94. The maximum Gasteiger partial charge on any atom is 0.411 e. The summed E-state index contributed by atoms with van der Waals surface area (Å²) in [6.45, 7) is 5.60. The maximum atomic E-state index is 13.2. The van der Waals surface area contributed by atoms with Gasteiger partial charge in [0.2, 0.25) is 5.88 Å². The number of fused-ring (bicyclic) bond motifs is 2. The number of nitrogens with one attached hydrogen (secondary N) is 1. The summed E-state index contributed by atoms with van der Waals surface area (Å²) in [6, 6.07) is 23.2. The van der Waals surface area contributed by atoms with Crippen molar-refractivity contribution in [3.8, 4) is 23.5 Å². The Morgan fingerprint density at radius 2 is 1.65 bits per heavy atom. The molecule has 5 atom stereocenters. The lowest BCUT2D eigenvalue weighted by molar-refractivity contribution is -0.145. The molecule has 3 aliphatic rings. The number of rotatable bonds is 13. The number of ether oxygens (including phenoxy) is 5. The number of methoxy groups -OCH3 is 1. The summed E-state index contributed by atoms with van der Waals surface area (Å²) < 4.78 is 29.3. The fourth-order valence-corrected chi connectivity index (χ4v) is 7.94. The lowest BCUT2D eigenvalue weighted by Crippen LogP contribution is -2.46. The summed E-state index contributed by atoms with van der Waals surface area (Å²) in [5.41, 5.74) is 3.47. The molecule has 7 rings (SSSR count). The number of nitrogens with zero attached hydrogens (tertiary/aromatic N) is 2. The van der Waals surface area contributed by atoms with E-state index in [1.807, 2.05) is 78.9 Å². The third-order valence-electron chi connectivity index (χ3n) is 11.0. The number of hydrogen-bond acceptors (Lipinski definition) is 10. The van der Waals surface area contributed by atoms with Gasteiger partial charge in [0.15, 0.2) is 0 Å². The van der Waals surface area contributed by atoms with Gasteiger partial charge in [-0.1, -0.05) is 78.6 Å². The SMILES string of the molecule is COC(=O)[C@@H]1C[C@@H](Oc2nc3ccccc3c(OCc3ccccc3)c2C#CCCC[C@@H]2C[C@H]2OC(=O)N[C@H](C(=O)O)C2Cc3ccccc3C2)CN1C(=O)OC(C)(C)C. The second-order valence-corrected chi connectivity index (χ2v) is 16.6. The van der Waals surface area contributed by atoms with Gasteiger partial charge in [-0.2, -0.15) is 0 Å². The molecule has 1 aromatic heterocycles. The number of carboxylic acid groups (broad SMARTS) is 1. The van der Waals surface area contributed by atoms with Gasteiger partial charge in [0, 0.05) is 18.2 Å². The van der Waals surface area contributed by atoms with E-state index in [4.69, 9.17) is 28.7 Å². The standard InChI is InChI=1S/C47H51N3O10/c1-47(2,3)60-46(55)50-27-34(26-38(50)44(53)56-4)58-42-36(41(35-20-13-14-22-37(35)48-42)57-28-29-15-7-5-8-16-29)21-10-6-9-19-32-25-39(32)59-45(54)49-40(43(51)52)33-23-30-17-11-12-18-31(30)24-33/h5,7-8,11-18,20,22,32-34,38-40H,6,9,19,23-28H2,1-4H3,(H,49,54)(H,51,52)/t32-,34-,38+,39-,40+/m1/s1. The summed E-state index contributed by atoms with van der Waals surface area (Å²) in [4.78, 5) is 57.2. The number of aromatic nitrogens is 1. The van der Waals surface area contributed by atoms with E-state index in [2.05, 4.69) is 17.2 Å². The van der Waals surface area contributed by atoms with Crippen molar-refractivity contribution in [3.05, 3.63) is 101 Å². The molecule has 0 bridgehead atoms. The van der Waals surface area contributed by atoms with E-state index in [9.17, 15) is 24.3 Å². The Morgan fingerprint density at radius 1 is 0.950 bits per heavy atom. The number of benzene rings is 3. The number of carbonyl (C=O) groups excluding carboxylic acids is 3. The van der Waals surface area contributed by atoms with E-state index in [0.29, 0.717) is 42.5 Å². The molecule has 13 heteroatoms. The van der Waals surface area contributed by atoms with Gasteiger partial charge in [0.05, 0.1) is 19.2 Å². The topological polar surface area (TPSA) is 163 Å². The third-order valence-corrected chi connectivity index (χ3v) is 11.0. The lowest BCUT2D eigenvalue weighted by Gasteiger charge is -2.27. The average Bonchev–Trinajstić information content (AvgIpc) is 3.58. The Labute approximate surface area is 349 Å². The monoisotopic (exact) mass is 817 g/mol. The Bertz CT molecular complexity index is 2250. The molecule has 3 aromatic carbocycles. The lowest BCUT2D eigenvalue weighted by atomic mass is 9.97. The highest BCUT2D eigenvalue weighted by molar-refractivity contribution is 5.89. The quantitative estimate of drug-likeness (QED) is 0.0605. The number of carbonyl (C=O) groups is 4. The Hall–Kier alpha value is -6.29. The van der Waals surface area contributed by atoms with Crippen LogP contribution in [0.5, 0.6) is 11.6 Å². The number of esters is 1. The van der Waals surface area contributed by atoms with Gasteiger partial charge in [-0.05, 0) is 93.5 Å². The highest BCUT2D eigenvalue weighted by Gasteiger charge is 2.44. The number of likely N-dealkylation sites (tertiary alicyclic amines) is 1. The second-order valence-electron chi connectivity index (χ2n) is 16.6. The first-order valence-electron chi connectivity index (χ1n) is 20.5. The van der Waals surface area contributed by atoms with Crippen LogP contribution in [-0.2, 0) is 43.2 Å². The number of amides is 2. The van der Waals surface area contributed by atoms with E-state index in [-0.39, 0.29) is 43.4 Å². The van der Waals surface area contributed by atoms with Gasteiger partial charge in [-0.3, -0.25) is 4.90 Å². The number of hydrogen-bond donors (Lipinski definition) is 2. The van der Waals surface area contributed by atoms with Crippen LogP contribution in [-0.4, -0.2) is 82.7 Å². The van der Waals surface area contributed by atoms with Gasteiger partial charge in [-0.15, -0.1) is 0 Å². The molecule has 2 aliphatic carbocycles. The highest BCUT2D eigenvalue weighted by atomic mass is 16.6.